The van der Waals surface area contributed by atoms with E-state index in [1.165, 1.54) is 6.92 Å². The highest BCUT2D eigenvalue weighted by atomic mass is 79.9. The van der Waals surface area contributed by atoms with Crippen LogP contribution in [0.4, 0.5) is 0 Å². The molecule has 1 aromatic carbocycles. The summed E-state index contributed by atoms with van der Waals surface area (Å²) in [5.41, 5.74) is 0. The smallest absolute Gasteiger partial charge is 0.347 e. The van der Waals surface area contributed by atoms with Crippen molar-refractivity contribution in [3.05, 3.63) is 28.7 Å². The lowest BCUT2D eigenvalue weighted by atomic mass is 10.3. The minimum atomic E-state index is -0.821. The lowest BCUT2D eigenvalue weighted by Crippen LogP contribution is -2.33. The summed E-state index contributed by atoms with van der Waals surface area (Å²) in [4.78, 5) is 23.0. The normalized spacial score (nSPS) is 11.1. The molecule has 0 radical (unpaired) electrons. The second-order valence-electron chi connectivity index (χ2n) is 4.08. The van der Waals surface area contributed by atoms with Gasteiger partial charge in [-0.25, -0.2) is 4.79 Å². The minimum Gasteiger partial charge on any atom is -0.479 e. The van der Waals surface area contributed by atoms with Gasteiger partial charge < -0.3 is 14.8 Å². The second kappa shape index (κ2) is 8.97. The molecule has 0 aromatic heterocycles. The van der Waals surface area contributed by atoms with Gasteiger partial charge in [-0.15, -0.1) is 0 Å². The third kappa shape index (κ3) is 6.77. The molecule has 0 fully saturated rings. The molecule has 0 aliphatic carbocycles. The lowest BCUT2D eigenvalue weighted by molar-refractivity contribution is -0.154. The van der Waals surface area contributed by atoms with Gasteiger partial charge in [-0.05, 0) is 31.2 Å². The lowest BCUT2D eigenvalue weighted by Gasteiger charge is -2.13. The van der Waals surface area contributed by atoms with Gasteiger partial charge in [0, 0.05) is 11.0 Å². The Balaban J connectivity index is 2.32. The van der Waals surface area contributed by atoms with E-state index in [2.05, 4.69) is 21.2 Å². The molecule has 1 aromatic rings. The Hall–Kier alpha value is -2.07. The Labute approximate surface area is 131 Å². The van der Waals surface area contributed by atoms with Crippen molar-refractivity contribution in [3.8, 4) is 11.8 Å². The van der Waals surface area contributed by atoms with Gasteiger partial charge in [0.15, 0.2) is 12.7 Å². The first kappa shape index (κ1) is 17.0. The molecule has 112 valence electrons. The SMILES string of the molecule is C[C@@H](Oc1ccc(Br)cc1)C(=O)OCC(=O)NCCC#N. The molecule has 1 amide bonds. The number of esters is 1. The van der Waals surface area contributed by atoms with Crippen LogP contribution >= 0.6 is 15.9 Å². The first-order valence-corrected chi connectivity index (χ1v) is 7.04. The van der Waals surface area contributed by atoms with Gasteiger partial charge in [-0.2, -0.15) is 5.26 Å². The van der Waals surface area contributed by atoms with Crippen LogP contribution in [0.2, 0.25) is 0 Å². The van der Waals surface area contributed by atoms with Crippen molar-refractivity contribution in [1.29, 1.82) is 5.26 Å². The van der Waals surface area contributed by atoms with Gasteiger partial charge >= 0.3 is 5.97 Å². The second-order valence-corrected chi connectivity index (χ2v) is 5.00. The standard InChI is InChI=1S/C14H15BrN2O4/c1-10(21-12-5-3-11(15)4-6-12)14(19)20-9-13(18)17-8-2-7-16/h3-6,10H,2,8-9H2,1H3,(H,17,18)/t10-/m1/s1. The first-order valence-electron chi connectivity index (χ1n) is 6.25. The number of benzene rings is 1. The van der Waals surface area contributed by atoms with Crippen molar-refractivity contribution < 1.29 is 19.1 Å². The fourth-order valence-corrected chi connectivity index (χ4v) is 1.59. The maximum absolute atomic E-state index is 11.7. The van der Waals surface area contributed by atoms with Crippen LogP contribution in [0, 0.1) is 11.3 Å². The molecule has 21 heavy (non-hydrogen) atoms. The number of nitrogens with zero attached hydrogens (tertiary/aromatic N) is 1. The summed E-state index contributed by atoms with van der Waals surface area (Å²) < 4.78 is 11.1. The summed E-state index contributed by atoms with van der Waals surface area (Å²) in [6, 6.07) is 8.89. The Bertz CT molecular complexity index is 525. The number of carbonyl (C=O) groups is 2. The van der Waals surface area contributed by atoms with E-state index in [1.54, 1.807) is 24.3 Å². The van der Waals surface area contributed by atoms with Crippen LogP contribution in [-0.2, 0) is 14.3 Å². The maximum Gasteiger partial charge on any atom is 0.347 e. The van der Waals surface area contributed by atoms with E-state index in [-0.39, 0.29) is 13.0 Å². The monoisotopic (exact) mass is 354 g/mol. The van der Waals surface area contributed by atoms with Gasteiger partial charge in [0.05, 0.1) is 12.5 Å². The number of hydrogen-bond acceptors (Lipinski definition) is 5. The topological polar surface area (TPSA) is 88.4 Å². The number of amides is 1. The van der Waals surface area contributed by atoms with Gasteiger partial charge in [0.2, 0.25) is 0 Å². The van der Waals surface area contributed by atoms with E-state index >= 15 is 0 Å². The number of hydrogen-bond donors (Lipinski definition) is 1. The van der Waals surface area contributed by atoms with Crippen LogP contribution in [0.3, 0.4) is 0 Å². The molecule has 1 atom stereocenters. The van der Waals surface area contributed by atoms with Gasteiger partial charge in [-0.1, -0.05) is 15.9 Å². The van der Waals surface area contributed by atoms with Crippen molar-refractivity contribution >= 4 is 27.8 Å². The van der Waals surface area contributed by atoms with E-state index < -0.39 is 24.6 Å². The zero-order valence-electron chi connectivity index (χ0n) is 11.5. The van der Waals surface area contributed by atoms with Crippen molar-refractivity contribution in [3.63, 3.8) is 0 Å². The highest BCUT2D eigenvalue weighted by molar-refractivity contribution is 9.10. The summed E-state index contributed by atoms with van der Waals surface area (Å²) in [6.45, 7) is 1.38. The Morgan fingerprint density at radius 2 is 2.05 bits per heavy atom. The quantitative estimate of drug-likeness (QED) is 0.595. The van der Waals surface area contributed by atoms with Crippen LogP contribution in [-0.4, -0.2) is 31.1 Å². The van der Waals surface area contributed by atoms with E-state index in [1.807, 2.05) is 6.07 Å². The summed E-state index contributed by atoms with van der Waals surface area (Å²) in [7, 11) is 0. The molecule has 0 spiro atoms. The molecular formula is C14H15BrN2O4. The van der Waals surface area contributed by atoms with E-state index in [0.717, 1.165) is 4.47 Å². The summed E-state index contributed by atoms with van der Waals surface area (Å²) in [6.07, 6.45) is -0.610. The number of rotatable bonds is 7. The van der Waals surface area contributed by atoms with Crippen molar-refractivity contribution in [1.82, 2.24) is 5.32 Å². The van der Waals surface area contributed by atoms with E-state index in [4.69, 9.17) is 14.7 Å². The molecule has 0 saturated carbocycles. The van der Waals surface area contributed by atoms with Gasteiger partial charge in [0.25, 0.3) is 5.91 Å². The number of nitrogens with one attached hydrogen (secondary N) is 1. The van der Waals surface area contributed by atoms with Crippen molar-refractivity contribution in [2.75, 3.05) is 13.2 Å². The van der Waals surface area contributed by atoms with Gasteiger partial charge in [0.1, 0.15) is 5.75 Å². The third-order valence-electron chi connectivity index (χ3n) is 2.36. The summed E-state index contributed by atoms with van der Waals surface area (Å²) in [5.74, 6) is -0.552. The summed E-state index contributed by atoms with van der Waals surface area (Å²) >= 11 is 3.30. The van der Waals surface area contributed by atoms with E-state index in [0.29, 0.717) is 5.75 Å². The molecule has 0 unspecified atom stereocenters. The van der Waals surface area contributed by atoms with Crippen LogP contribution in [0.25, 0.3) is 0 Å². The molecule has 0 bridgehead atoms. The average Bonchev–Trinajstić information content (AvgIpc) is 2.47. The van der Waals surface area contributed by atoms with Crippen LogP contribution in [0.5, 0.6) is 5.75 Å². The zero-order valence-corrected chi connectivity index (χ0v) is 13.1. The predicted octanol–water partition coefficient (Wildman–Crippen LogP) is 1.79. The Morgan fingerprint density at radius 1 is 1.38 bits per heavy atom. The number of carbonyl (C=O) groups excluding carboxylic acids is 2. The summed E-state index contributed by atoms with van der Waals surface area (Å²) in [5, 5.41) is 10.8. The fourth-order valence-electron chi connectivity index (χ4n) is 1.33. The molecule has 0 aliphatic heterocycles. The predicted molar refractivity (Wildman–Crippen MR) is 78.4 cm³/mol. The van der Waals surface area contributed by atoms with Crippen LogP contribution in [0.1, 0.15) is 13.3 Å². The Kier molecular flexibility index (Phi) is 7.26. The number of halogens is 1. The molecular weight excluding hydrogens is 340 g/mol. The van der Waals surface area contributed by atoms with Crippen molar-refractivity contribution in [2.24, 2.45) is 0 Å². The molecule has 0 aliphatic rings. The average molecular weight is 355 g/mol. The minimum absolute atomic E-state index is 0.211. The first-order chi connectivity index (χ1) is 10.0. The Morgan fingerprint density at radius 3 is 2.67 bits per heavy atom. The maximum atomic E-state index is 11.7. The molecule has 0 saturated heterocycles. The highest BCUT2D eigenvalue weighted by Crippen LogP contribution is 2.17. The molecule has 1 rings (SSSR count). The van der Waals surface area contributed by atoms with Crippen LogP contribution in [0.15, 0.2) is 28.7 Å². The molecule has 1 N–H and O–H groups in total. The van der Waals surface area contributed by atoms with Crippen molar-refractivity contribution in [2.45, 2.75) is 19.4 Å². The number of nitriles is 1. The number of ether oxygens (including phenoxy) is 2. The fraction of sp³-hybridized carbons (Fsp3) is 0.357. The molecule has 7 heteroatoms. The largest absolute Gasteiger partial charge is 0.479 e. The molecule has 6 nitrogen and oxygen atoms in total. The highest BCUT2D eigenvalue weighted by Gasteiger charge is 2.17. The van der Waals surface area contributed by atoms with Crippen LogP contribution < -0.4 is 10.1 Å². The molecule has 0 heterocycles. The van der Waals surface area contributed by atoms with Gasteiger partial charge in [-0.3, -0.25) is 4.79 Å². The van der Waals surface area contributed by atoms with E-state index in [9.17, 15) is 9.59 Å². The third-order valence-corrected chi connectivity index (χ3v) is 2.89. The zero-order chi connectivity index (χ0) is 15.7.